The first-order chi connectivity index (χ1) is 10.1. The third-order valence-corrected chi connectivity index (χ3v) is 3.37. The lowest BCUT2D eigenvalue weighted by Gasteiger charge is -2.18. The molecule has 0 atom stereocenters. The molecule has 0 radical (unpaired) electrons. The zero-order valence-electron chi connectivity index (χ0n) is 10.8. The molecule has 0 fully saturated rings. The van der Waals surface area contributed by atoms with E-state index in [0.29, 0.717) is 29.2 Å². The van der Waals surface area contributed by atoms with E-state index in [-0.39, 0.29) is 11.3 Å². The minimum absolute atomic E-state index is 0.127. The Labute approximate surface area is 128 Å². The van der Waals surface area contributed by atoms with Crippen LogP contribution in [0.25, 0.3) is 0 Å². The molecule has 0 aromatic heterocycles. The predicted molar refractivity (Wildman–Crippen MR) is 76.5 cm³/mol. The van der Waals surface area contributed by atoms with Crippen LogP contribution in [0.15, 0.2) is 40.9 Å². The summed E-state index contributed by atoms with van der Waals surface area (Å²) in [5.74, 6) is -0.346. The van der Waals surface area contributed by atoms with Crippen LogP contribution in [0.1, 0.15) is 10.4 Å². The van der Waals surface area contributed by atoms with Crippen molar-refractivity contribution in [1.29, 1.82) is 0 Å². The molecule has 0 N–H and O–H groups in total. The highest BCUT2D eigenvalue weighted by atomic mass is 79.9. The quantitative estimate of drug-likeness (QED) is 0.612. The third kappa shape index (κ3) is 3.00. The Morgan fingerprint density at radius 3 is 2.62 bits per heavy atom. The number of hydrogen-bond donors (Lipinski definition) is 0. The molecule has 1 aliphatic rings. The van der Waals surface area contributed by atoms with Crippen LogP contribution in [0.2, 0.25) is 0 Å². The van der Waals surface area contributed by atoms with Gasteiger partial charge in [0.2, 0.25) is 0 Å². The van der Waals surface area contributed by atoms with Gasteiger partial charge in [-0.1, -0.05) is 15.9 Å². The summed E-state index contributed by atoms with van der Waals surface area (Å²) < 4.78 is 30.0. The van der Waals surface area contributed by atoms with Crippen LogP contribution in [-0.2, 0) is 0 Å². The van der Waals surface area contributed by atoms with Gasteiger partial charge in [-0.2, -0.15) is 0 Å². The van der Waals surface area contributed by atoms with Crippen LogP contribution in [-0.4, -0.2) is 19.2 Å². The molecule has 0 amide bonds. The van der Waals surface area contributed by atoms with Crippen molar-refractivity contribution < 1.29 is 23.4 Å². The Morgan fingerprint density at radius 2 is 1.86 bits per heavy atom. The van der Waals surface area contributed by atoms with Gasteiger partial charge in [-0.15, -0.1) is 0 Å². The van der Waals surface area contributed by atoms with Crippen LogP contribution < -0.4 is 14.2 Å². The summed E-state index contributed by atoms with van der Waals surface area (Å²) in [7, 11) is 0. The van der Waals surface area contributed by atoms with E-state index in [1.54, 1.807) is 18.2 Å². The molecule has 0 saturated heterocycles. The second-order valence-corrected chi connectivity index (χ2v) is 5.24. The lowest BCUT2D eigenvalue weighted by atomic mass is 10.2. The Morgan fingerprint density at radius 1 is 1.10 bits per heavy atom. The third-order valence-electron chi connectivity index (χ3n) is 2.87. The second-order valence-electron chi connectivity index (χ2n) is 4.32. The van der Waals surface area contributed by atoms with Crippen molar-refractivity contribution >= 4 is 21.9 Å². The minimum Gasteiger partial charge on any atom is -0.486 e. The maximum atomic E-state index is 13.6. The maximum Gasteiger partial charge on any atom is 0.343 e. The summed E-state index contributed by atoms with van der Waals surface area (Å²) in [5.41, 5.74) is 0.265. The standard InChI is InChI=1S/C15H10BrFO4/c16-10-2-4-12(11(17)8-10)21-15(18)9-1-3-13-14(7-9)20-6-5-19-13/h1-4,7-8H,5-6H2. The Balaban J connectivity index is 1.82. The first kappa shape index (κ1) is 13.9. The molecule has 0 aliphatic carbocycles. The van der Waals surface area contributed by atoms with Gasteiger partial charge >= 0.3 is 5.97 Å². The largest absolute Gasteiger partial charge is 0.486 e. The molecular formula is C15H10BrFO4. The molecule has 2 aromatic rings. The lowest BCUT2D eigenvalue weighted by Crippen LogP contribution is -2.16. The first-order valence-corrected chi connectivity index (χ1v) is 7.00. The molecule has 0 spiro atoms. The number of carbonyl (C=O) groups excluding carboxylic acids is 1. The highest BCUT2D eigenvalue weighted by Gasteiger charge is 2.17. The van der Waals surface area contributed by atoms with Crippen LogP contribution in [0, 0.1) is 5.82 Å². The van der Waals surface area contributed by atoms with Crippen LogP contribution in [0.4, 0.5) is 4.39 Å². The van der Waals surface area contributed by atoms with E-state index in [9.17, 15) is 9.18 Å². The van der Waals surface area contributed by atoms with Crippen LogP contribution >= 0.6 is 15.9 Å². The van der Waals surface area contributed by atoms with Gasteiger partial charge in [-0.25, -0.2) is 9.18 Å². The van der Waals surface area contributed by atoms with E-state index >= 15 is 0 Å². The van der Waals surface area contributed by atoms with Gasteiger partial charge in [-0.3, -0.25) is 0 Å². The van der Waals surface area contributed by atoms with Gasteiger partial charge in [0.15, 0.2) is 23.1 Å². The lowest BCUT2D eigenvalue weighted by molar-refractivity contribution is 0.0726. The topological polar surface area (TPSA) is 44.8 Å². The Hall–Kier alpha value is -2.08. The molecular weight excluding hydrogens is 343 g/mol. The van der Waals surface area contributed by atoms with Crippen molar-refractivity contribution in [3.8, 4) is 17.2 Å². The molecule has 1 heterocycles. The average Bonchev–Trinajstić information content (AvgIpc) is 2.49. The fourth-order valence-electron chi connectivity index (χ4n) is 1.89. The number of ether oxygens (including phenoxy) is 3. The normalized spacial score (nSPS) is 12.9. The number of esters is 1. The van der Waals surface area contributed by atoms with Crippen molar-refractivity contribution in [2.24, 2.45) is 0 Å². The highest BCUT2D eigenvalue weighted by Crippen LogP contribution is 2.31. The zero-order chi connectivity index (χ0) is 14.8. The molecule has 0 unspecified atom stereocenters. The van der Waals surface area contributed by atoms with Gasteiger partial charge in [0.05, 0.1) is 5.56 Å². The molecule has 2 aromatic carbocycles. The van der Waals surface area contributed by atoms with Crippen LogP contribution in [0.3, 0.4) is 0 Å². The summed E-state index contributed by atoms with van der Waals surface area (Å²) in [4.78, 5) is 12.0. The second kappa shape index (κ2) is 5.73. The first-order valence-electron chi connectivity index (χ1n) is 6.20. The molecule has 3 rings (SSSR count). The number of halogens is 2. The van der Waals surface area contributed by atoms with E-state index in [1.165, 1.54) is 18.2 Å². The van der Waals surface area contributed by atoms with Crippen molar-refractivity contribution in [1.82, 2.24) is 0 Å². The van der Waals surface area contributed by atoms with E-state index in [1.807, 2.05) is 0 Å². The van der Waals surface area contributed by atoms with Gasteiger partial charge in [0.1, 0.15) is 13.2 Å². The number of carbonyl (C=O) groups is 1. The Bertz CT molecular complexity index is 702. The highest BCUT2D eigenvalue weighted by molar-refractivity contribution is 9.10. The van der Waals surface area contributed by atoms with E-state index in [4.69, 9.17) is 14.2 Å². The predicted octanol–water partition coefficient (Wildman–Crippen LogP) is 3.58. The van der Waals surface area contributed by atoms with Crippen molar-refractivity contribution in [2.45, 2.75) is 0 Å². The molecule has 6 heteroatoms. The van der Waals surface area contributed by atoms with Gasteiger partial charge in [0.25, 0.3) is 0 Å². The molecule has 108 valence electrons. The molecule has 4 nitrogen and oxygen atoms in total. The van der Waals surface area contributed by atoms with Gasteiger partial charge in [0, 0.05) is 4.47 Å². The van der Waals surface area contributed by atoms with Crippen molar-refractivity contribution in [3.63, 3.8) is 0 Å². The average molecular weight is 353 g/mol. The maximum absolute atomic E-state index is 13.6. The number of fused-ring (bicyclic) bond motifs is 1. The Kier molecular flexibility index (Phi) is 3.79. The fourth-order valence-corrected chi connectivity index (χ4v) is 2.22. The summed E-state index contributed by atoms with van der Waals surface area (Å²) in [6, 6.07) is 8.90. The zero-order valence-corrected chi connectivity index (χ0v) is 12.4. The van der Waals surface area contributed by atoms with Gasteiger partial charge in [-0.05, 0) is 36.4 Å². The minimum atomic E-state index is -0.659. The van der Waals surface area contributed by atoms with E-state index in [2.05, 4.69) is 15.9 Å². The summed E-state index contributed by atoms with van der Waals surface area (Å²) >= 11 is 3.14. The van der Waals surface area contributed by atoms with Crippen molar-refractivity contribution in [3.05, 3.63) is 52.3 Å². The van der Waals surface area contributed by atoms with Gasteiger partial charge < -0.3 is 14.2 Å². The van der Waals surface area contributed by atoms with Crippen LogP contribution in [0.5, 0.6) is 17.2 Å². The van der Waals surface area contributed by atoms with E-state index < -0.39 is 11.8 Å². The van der Waals surface area contributed by atoms with Crippen molar-refractivity contribution in [2.75, 3.05) is 13.2 Å². The monoisotopic (exact) mass is 352 g/mol. The summed E-state index contributed by atoms with van der Waals surface area (Å²) in [6.45, 7) is 0.897. The summed E-state index contributed by atoms with van der Waals surface area (Å²) in [6.07, 6.45) is 0. The molecule has 21 heavy (non-hydrogen) atoms. The number of hydrogen-bond acceptors (Lipinski definition) is 4. The number of rotatable bonds is 2. The SMILES string of the molecule is O=C(Oc1ccc(Br)cc1F)c1ccc2c(c1)OCCO2. The molecule has 0 bridgehead atoms. The van der Waals surface area contributed by atoms with E-state index in [0.717, 1.165) is 0 Å². The smallest absolute Gasteiger partial charge is 0.343 e. The molecule has 0 saturated carbocycles. The molecule has 1 aliphatic heterocycles. The number of benzene rings is 2. The fraction of sp³-hybridized carbons (Fsp3) is 0.133. The summed E-state index contributed by atoms with van der Waals surface area (Å²) in [5, 5.41) is 0.